The summed E-state index contributed by atoms with van der Waals surface area (Å²) < 4.78 is 17.2. The van der Waals surface area contributed by atoms with Gasteiger partial charge in [0.2, 0.25) is 0 Å². The van der Waals surface area contributed by atoms with Crippen LogP contribution in [0.25, 0.3) is 0 Å². The first-order valence-electron chi connectivity index (χ1n) is 8.06. The van der Waals surface area contributed by atoms with E-state index in [0.29, 0.717) is 6.42 Å². The van der Waals surface area contributed by atoms with E-state index in [0.717, 1.165) is 12.0 Å². The van der Waals surface area contributed by atoms with Gasteiger partial charge in [0.15, 0.2) is 0 Å². The monoisotopic (exact) mass is 306 g/mol. The molecule has 2 aliphatic carbocycles. The maximum Gasteiger partial charge on any atom is 0.309 e. The lowest BCUT2D eigenvalue weighted by molar-refractivity contribution is -0.151. The quantitative estimate of drug-likeness (QED) is 0.420. The van der Waals surface area contributed by atoms with Crippen molar-refractivity contribution < 1.29 is 23.8 Å². The van der Waals surface area contributed by atoms with Crippen molar-refractivity contribution in [3.8, 4) is 0 Å². The second-order valence-electron chi connectivity index (χ2n) is 7.44. The van der Waals surface area contributed by atoms with Crippen molar-refractivity contribution in [3.63, 3.8) is 0 Å². The fourth-order valence-electron chi connectivity index (χ4n) is 5.09. The van der Waals surface area contributed by atoms with Crippen LogP contribution in [0.2, 0.25) is 0 Å². The molecule has 22 heavy (non-hydrogen) atoms. The normalized spacial score (nSPS) is 52.2. The number of hydrogen-bond acceptors (Lipinski definition) is 5. The Labute approximate surface area is 130 Å². The summed E-state index contributed by atoms with van der Waals surface area (Å²) in [7, 11) is 0. The summed E-state index contributed by atoms with van der Waals surface area (Å²) in [6, 6.07) is 0. The van der Waals surface area contributed by atoms with E-state index in [4.69, 9.17) is 14.2 Å². The Morgan fingerprint density at radius 3 is 2.86 bits per heavy atom. The van der Waals surface area contributed by atoms with Gasteiger partial charge in [-0.05, 0) is 19.3 Å². The average molecular weight is 306 g/mol. The van der Waals surface area contributed by atoms with Gasteiger partial charge in [-0.1, -0.05) is 19.1 Å². The summed E-state index contributed by atoms with van der Waals surface area (Å²) in [6.07, 6.45) is 1.23. The number of hydrogen-bond donors (Lipinski definition) is 0. The molecule has 0 spiro atoms. The molecule has 120 valence electrons. The van der Waals surface area contributed by atoms with Crippen LogP contribution >= 0.6 is 0 Å². The molecule has 5 nitrogen and oxygen atoms in total. The standard InChI is InChI=1S/C17H22O5/c1-7-5-11(20-9(3)18)13-8(2)16(19)21-15(13)14-10(7)6-12-17(14,4)22-12/h8,10-15H,1,5-6H2,2-4H3/t8-,10-,11-,12-,13+,14-,15-,17-/m0/s1. The number of carbonyl (C=O) groups is 2. The van der Waals surface area contributed by atoms with Gasteiger partial charge in [0, 0.05) is 25.2 Å². The zero-order chi connectivity index (χ0) is 15.8. The molecule has 5 heteroatoms. The van der Waals surface area contributed by atoms with Crippen LogP contribution < -0.4 is 0 Å². The molecule has 4 rings (SSSR count). The Kier molecular flexibility index (Phi) is 2.81. The van der Waals surface area contributed by atoms with Crippen LogP contribution in [0.15, 0.2) is 12.2 Å². The highest BCUT2D eigenvalue weighted by Gasteiger charge is 2.72. The Hall–Kier alpha value is -1.36. The molecule has 0 radical (unpaired) electrons. The van der Waals surface area contributed by atoms with Gasteiger partial charge >= 0.3 is 11.9 Å². The SMILES string of the molecule is C=C1C[C@H](OC(C)=O)[C@@H]2[C@H](OC(=O)[C@H]2C)[C@@H]2[C@H]1C[C@@H]1O[C@]21C. The zero-order valence-corrected chi connectivity index (χ0v) is 13.2. The molecule has 0 bridgehead atoms. The van der Waals surface area contributed by atoms with E-state index in [1.807, 2.05) is 6.92 Å². The average Bonchev–Trinajstić information content (AvgIpc) is 2.88. The zero-order valence-electron chi connectivity index (χ0n) is 13.2. The lowest BCUT2D eigenvalue weighted by Crippen LogP contribution is -2.41. The van der Waals surface area contributed by atoms with Crippen LogP contribution in [0.3, 0.4) is 0 Å². The van der Waals surface area contributed by atoms with E-state index in [-0.39, 0.29) is 59.5 Å². The molecule has 0 N–H and O–H groups in total. The summed E-state index contributed by atoms with van der Waals surface area (Å²) in [5, 5.41) is 0. The van der Waals surface area contributed by atoms with E-state index in [9.17, 15) is 9.59 Å². The molecular formula is C17H22O5. The third-order valence-corrected chi connectivity index (χ3v) is 6.21. The molecule has 0 aromatic rings. The Morgan fingerprint density at radius 2 is 2.18 bits per heavy atom. The minimum atomic E-state index is -0.331. The van der Waals surface area contributed by atoms with Gasteiger partial charge in [-0.2, -0.15) is 0 Å². The second-order valence-corrected chi connectivity index (χ2v) is 7.44. The van der Waals surface area contributed by atoms with Gasteiger partial charge in [0.05, 0.1) is 17.6 Å². The molecule has 4 fully saturated rings. The van der Waals surface area contributed by atoms with Crippen molar-refractivity contribution in [3.05, 3.63) is 12.2 Å². The molecule has 2 saturated carbocycles. The van der Waals surface area contributed by atoms with Crippen LogP contribution in [0.1, 0.15) is 33.6 Å². The molecule has 8 atom stereocenters. The topological polar surface area (TPSA) is 65.1 Å². The smallest absolute Gasteiger partial charge is 0.309 e. The van der Waals surface area contributed by atoms with Gasteiger partial charge in [-0.25, -0.2) is 0 Å². The fraction of sp³-hybridized carbons (Fsp3) is 0.765. The summed E-state index contributed by atoms with van der Waals surface area (Å²) in [5.41, 5.74) is 0.886. The maximum absolute atomic E-state index is 12.2. The predicted molar refractivity (Wildman–Crippen MR) is 76.7 cm³/mol. The first kappa shape index (κ1) is 14.2. The molecular weight excluding hydrogens is 284 g/mol. The number of fused-ring (bicyclic) bond motifs is 5. The highest BCUT2D eigenvalue weighted by atomic mass is 16.6. The van der Waals surface area contributed by atoms with Crippen molar-refractivity contribution in [1.29, 1.82) is 0 Å². The summed E-state index contributed by atoms with van der Waals surface area (Å²) >= 11 is 0. The molecule has 2 aliphatic heterocycles. The van der Waals surface area contributed by atoms with Crippen molar-refractivity contribution in [2.45, 2.75) is 57.5 Å². The molecule has 0 aromatic carbocycles. The van der Waals surface area contributed by atoms with Crippen molar-refractivity contribution in [1.82, 2.24) is 0 Å². The van der Waals surface area contributed by atoms with Crippen molar-refractivity contribution >= 4 is 11.9 Å². The van der Waals surface area contributed by atoms with Crippen molar-refractivity contribution in [2.75, 3.05) is 0 Å². The number of ether oxygens (including phenoxy) is 3. The van der Waals surface area contributed by atoms with E-state index in [1.165, 1.54) is 6.92 Å². The van der Waals surface area contributed by atoms with Crippen LogP contribution in [-0.4, -0.2) is 35.9 Å². The number of esters is 2. The predicted octanol–water partition coefficient (Wildman–Crippen LogP) is 1.85. The van der Waals surface area contributed by atoms with E-state index in [2.05, 4.69) is 13.5 Å². The minimum Gasteiger partial charge on any atom is -0.462 e. The molecule has 0 unspecified atom stereocenters. The van der Waals surface area contributed by atoms with Crippen LogP contribution in [0.5, 0.6) is 0 Å². The van der Waals surface area contributed by atoms with E-state index in [1.54, 1.807) is 0 Å². The molecule has 0 amide bonds. The lowest BCUT2D eigenvalue weighted by atomic mass is 9.77. The van der Waals surface area contributed by atoms with Crippen LogP contribution in [0.4, 0.5) is 0 Å². The molecule has 0 aromatic heterocycles. The van der Waals surface area contributed by atoms with Gasteiger partial charge in [0.25, 0.3) is 0 Å². The largest absolute Gasteiger partial charge is 0.462 e. The highest BCUT2D eigenvalue weighted by molar-refractivity contribution is 5.75. The van der Waals surface area contributed by atoms with Gasteiger partial charge in [-0.15, -0.1) is 0 Å². The first-order valence-corrected chi connectivity index (χ1v) is 8.06. The third-order valence-electron chi connectivity index (χ3n) is 6.21. The molecule has 2 heterocycles. The summed E-state index contributed by atoms with van der Waals surface area (Å²) in [6.45, 7) is 9.63. The molecule has 2 saturated heterocycles. The van der Waals surface area contributed by atoms with Crippen molar-refractivity contribution in [2.24, 2.45) is 23.7 Å². The number of rotatable bonds is 1. The first-order chi connectivity index (χ1) is 10.3. The number of carbonyl (C=O) groups excluding carboxylic acids is 2. The third kappa shape index (κ3) is 1.75. The van der Waals surface area contributed by atoms with E-state index < -0.39 is 0 Å². The number of epoxide rings is 1. The second kappa shape index (κ2) is 4.34. The Morgan fingerprint density at radius 1 is 1.45 bits per heavy atom. The van der Waals surface area contributed by atoms with Gasteiger partial charge < -0.3 is 14.2 Å². The fourth-order valence-corrected chi connectivity index (χ4v) is 5.09. The minimum absolute atomic E-state index is 0.108. The molecule has 4 aliphatic rings. The van der Waals surface area contributed by atoms with Gasteiger partial charge in [-0.3, -0.25) is 9.59 Å². The Bertz CT molecular complexity index is 569. The lowest BCUT2D eigenvalue weighted by Gasteiger charge is -2.31. The van der Waals surface area contributed by atoms with Crippen LogP contribution in [-0.2, 0) is 23.8 Å². The summed E-state index contributed by atoms with van der Waals surface area (Å²) in [4.78, 5) is 23.6. The van der Waals surface area contributed by atoms with Gasteiger partial charge in [0.1, 0.15) is 12.2 Å². The Balaban J connectivity index is 1.74. The maximum atomic E-state index is 12.2. The summed E-state index contributed by atoms with van der Waals surface area (Å²) in [5.74, 6) is -0.461. The van der Waals surface area contributed by atoms with Crippen LogP contribution in [0, 0.1) is 23.7 Å². The highest BCUT2D eigenvalue weighted by Crippen LogP contribution is 2.63. The van der Waals surface area contributed by atoms with E-state index >= 15 is 0 Å².